The number of nitrogens with zero attached hydrogens (tertiary/aromatic N) is 1. The van der Waals surface area contributed by atoms with E-state index in [-0.39, 0.29) is 5.56 Å². The third kappa shape index (κ3) is 2.90. The Kier molecular flexibility index (Phi) is 3.92. The summed E-state index contributed by atoms with van der Waals surface area (Å²) in [5, 5.41) is 21.5. The van der Waals surface area contributed by atoms with Crippen molar-refractivity contribution in [2.24, 2.45) is 0 Å². The summed E-state index contributed by atoms with van der Waals surface area (Å²) in [5.74, 6) is -1.02. The van der Waals surface area contributed by atoms with Gasteiger partial charge in [0.2, 0.25) is 0 Å². The predicted molar refractivity (Wildman–Crippen MR) is 77.6 cm³/mol. The topological polar surface area (TPSA) is 73.1 Å². The highest BCUT2D eigenvalue weighted by molar-refractivity contribution is 6.33. The first-order chi connectivity index (χ1) is 9.51. The molecule has 2 aromatic carbocycles. The van der Waals surface area contributed by atoms with E-state index in [4.69, 9.17) is 16.9 Å². The van der Waals surface area contributed by atoms with Crippen LogP contribution in [0.15, 0.2) is 36.4 Å². The Morgan fingerprint density at radius 3 is 2.65 bits per heavy atom. The fourth-order valence-corrected chi connectivity index (χ4v) is 1.94. The van der Waals surface area contributed by atoms with Gasteiger partial charge in [-0.15, -0.1) is 0 Å². The summed E-state index contributed by atoms with van der Waals surface area (Å²) in [4.78, 5) is 11.2. The van der Waals surface area contributed by atoms with Crippen LogP contribution in [0.4, 0.5) is 11.4 Å². The minimum Gasteiger partial charge on any atom is -0.478 e. The second kappa shape index (κ2) is 5.64. The van der Waals surface area contributed by atoms with Crippen LogP contribution in [0.1, 0.15) is 21.5 Å². The standard InChI is InChI=1S/C15H11ClN2O2/c1-9-2-5-13(11(6-9)15(19)20)18-14-7-10(8-17)3-4-12(14)16/h2-7,18H,1H3,(H,19,20). The Hall–Kier alpha value is -2.51. The van der Waals surface area contributed by atoms with Gasteiger partial charge in [0.05, 0.1) is 33.6 Å². The number of carboxylic acids is 1. The van der Waals surface area contributed by atoms with Crippen LogP contribution >= 0.6 is 11.6 Å². The van der Waals surface area contributed by atoms with E-state index < -0.39 is 5.97 Å². The molecular weight excluding hydrogens is 276 g/mol. The lowest BCUT2D eigenvalue weighted by Gasteiger charge is -2.12. The normalized spacial score (nSPS) is 9.85. The number of halogens is 1. The third-order valence-electron chi connectivity index (χ3n) is 2.77. The van der Waals surface area contributed by atoms with Gasteiger partial charge >= 0.3 is 5.97 Å². The van der Waals surface area contributed by atoms with E-state index in [1.165, 1.54) is 0 Å². The summed E-state index contributed by atoms with van der Waals surface area (Å²) >= 11 is 6.05. The molecule has 2 rings (SSSR count). The van der Waals surface area contributed by atoms with Crippen molar-refractivity contribution in [1.82, 2.24) is 0 Å². The van der Waals surface area contributed by atoms with E-state index in [2.05, 4.69) is 5.32 Å². The lowest BCUT2D eigenvalue weighted by Crippen LogP contribution is -2.03. The van der Waals surface area contributed by atoms with Crippen LogP contribution in [-0.4, -0.2) is 11.1 Å². The van der Waals surface area contributed by atoms with Crippen molar-refractivity contribution >= 4 is 28.9 Å². The van der Waals surface area contributed by atoms with E-state index in [1.54, 1.807) is 36.4 Å². The maximum Gasteiger partial charge on any atom is 0.337 e. The average Bonchev–Trinajstić information content (AvgIpc) is 2.42. The molecule has 0 aliphatic carbocycles. The molecule has 4 nitrogen and oxygen atoms in total. The monoisotopic (exact) mass is 286 g/mol. The van der Waals surface area contributed by atoms with Crippen LogP contribution in [0.2, 0.25) is 5.02 Å². The van der Waals surface area contributed by atoms with E-state index in [1.807, 2.05) is 13.0 Å². The molecule has 0 aromatic heterocycles. The van der Waals surface area contributed by atoms with Crippen LogP contribution < -0.4 is 5.32 Å². The average molecular weight is 287 g/mol. The summed E-state index contributed by atoms with van der Waals surface area (Å²) in [6, 6.07) is 11.8. The number of carboxylic acid groups (broad SMARTS) is 1. The fourth-order valence-electron chi connectivity index (χ4n) is 1.78. The molecule has 0 unspecified atom stereocenters. The molecule has 0 amide bonds. The van der Waals surface area contributed by atoms with Crippen LogP contribution in [0, 0.1) is 18.3 Å². The molecule has 100 valence electrons. The van der Waals surface area contributed by atoms with Gasteiger partial charge in [0, 0.05) is 0 Å². The Morgan fingerprint density at radius 2 is 2.00 bits per heavy atom. The van der Waals surface area contributed by atoms with Crippen molar-refractivity contribution in [2.75, 3.05) is 5.32 Å². The number of anilines is 2. The highest BCUT2D eigenvalue weighted by atomic mass is 35.5. The zero-order chi connectivity index (χ0) is 14.7. The molecule has 0 bridgehead atoms. The molecule has 0 aliphatic heterocycles. The van der Waals surface area contributed by atoms with Gasteiger partial charge in [0.25, 0.3) is 0 Å². The van der Waals surface area contributed by atoms with Crippen LogP contribution in [-0.2, 0) is 0 Å². The summed E-state index contributed by atoms with van der Waals surface area (Å²) in [5.41, 5.74) is 2.38. The van der Waals surface area contributed by atoms with Gasteiger partial charge in [-0.05, 0) is 37.3 Å². The van der Waals surface area contributed by atoms with Crippen molar-refractivity contribution in [2.45, 2.75) is 6.92 Å². The van der Waals surface area contributed by atoms with Gasteiger partial charge in [-0.1, -0.05) is 23.2 Å². The Morgan fingerprint density at radius 1 is 1.25 bits per heavy atom. The molecule has 2 N–H and O–H groups in total. The van der Waals surface area contributed by atoms with Crippen LogP contribution in [0.3, 0.4) is 0 Å². The minimum atomic E-state index is -1.02. The molecule has 2 aromatic rings. The van der Waals surface area contributed by atoms with E-state index in [0.717, 1.165) is 5.56 Å². The molecule has 0 aliphatic rings. The molecule has 5 heteroatoms. The van der Waals surface area contributed by atoms with Crippen molar-refractivity contribution in [1.29, 1.82) is 5.26 Å². The maximum atomic E-state index is 11.2. The number of hydrogen-bond acceptors (Lipinski definition) is 3. The van der Waals surface area contributed by atoms with Gasteiger partial charge in [0.1, 0.15) is 0 Å². The smallest absolute Gasteiger partial charge is 0.337 e. The molecule has 20 heavy (non-hydrogen) atoms. The minimum absolute atomic E-state index is 0.156. The highest BCUT2D eigenvalue weighted by Crippen LogP contribution is 2.28. The SMILES string of the molecule is Cc1ccc(Nc2cc(C#N)ccc2Cl)c(C(=O)O)c1. The molecule has 0 atom stereocenters. The van der Waals surface area contributed by atoms with Crippen molar-refractivity contribution < 1.29 is 9.90 Å². The molecule has 0 saturated heterocycles. The number of aromatic carboxylic acids is 1. The Bertz CT molecular complexity index is 720. The van der Waals surface area contributed by atoms with E-state index >= 15 is 0 Å². The van der Waals surface area contributed by atoms with Crippen LogP contribution in [0.5, 0.6) is 0 Å². The number of nitriles is 1. The van der Waals surface area contributed by atoms with Gasteiger partial charge in [-0.25, -0.2) is 4.79 Å². The summed E-state index contributed by atoms with van der Waals surface area (Å²) in [6.07, 6.45) is 0. The molecule has 0 saturated carbocycles. The summed E-state index contributed by atoms with van der Waals surface area (Å²) in [7, 11) is 0. The van der Waals surface area contributed by atoms with Gasteiger partial charge < -0.3 is 10.4 Å². The number of aryl methyl sites for hydroxylation is 1. The Balaban J connectivity index is 2.45. The first-order valence-electron chi connectivity index (χ1n) is 5.82. The molecule has 0 fully saturated rings. The highest BCUT2D eigenvalue weighted by Gasteiger charge is 2.12. The molecule has 0 radical (unpaired) electrons. The zero-order valence-electron chi connectivity index (χ0n) is 10.6. The predicted octanol–water partition coefficient (Wildman–Crippen LogP) is 3.96. The lowest BCUT2D eigenvalue weighted by molar-refractivity contribution is 0.0698. The van der Waals surface area contributed by atoms with Crippen molar-refractivity contribution in [3.8, 4) is 6.07 Å². The van der Waals surface area contributed by atoms with Gasteiger partial charge in [-0.3, -0.25) is 0 Å². The molecule has 0 spiro atoms. The molecular formula is C15H11ClN2O2. The van der Waals surface area contributed by atoms with Crippen LogP contribution in [0.25, 0.3) is 0 Å². The summed E-state index contributed by atoms with van der Waals surface area (Å²) in [6.45, 7) is 1.82. The number of nitrogens with one attached hydrogen (secondary N) is 1. The Labute approximate surface area is 121 Å². The number of hydrogen-bond donors (Lipinski definition) is 2. The summed E-state index contributed by atoms with van der Waals surface area (Å²) < 4.78 is 0. The second-order valence-corrected chi connectivity index (χ2v) is 4.69. The van der Waals surface area contributed by atoms with Gasteiger partial charge in [-0.2, -0.15) is 5.26 Å². The number of benzene rings is 2. The van der Waals surface area contributed by atoms with E-state index in [0.29, 0.717) is 22.0 Å². The van der Waals surface area contributed by atoms with E-state index in [9.17, 15) is 9.90 Å². The first kappa shape index (κ1) is 13.9. The zero-order valence-corrected chi connectivity index (χ0v) is 11.4. The quantitative estimate of drug-likeness (QED) is 0.895. The molecule has 0 heterocycles. The largest absolute Gasteiger partial charge is 0.478 e. The lowest BCUT2D eigenvalue weighted by atomic mass is 10.1. The fraction of sp³-hybridized carbons (Fsp3) is 0.0667. The maximum absolute atomic E-state index is 11.2. The van der Waals surface area contributed by atoms with Gasteiger partial charge in [0.15, 0.2) is 0 Å². The first-order valence-corrected chi connectivity index (χ1v) is 6.19. The van der Waals surface area contributed by atoms with Crippen molar-refractivity contribution in [3.05, 3.63) is 58.1 Å². The second-order valence-electron chi connectivity index (χ2n) is 4.29. The van der Waals surface area contributed by atoms with Crippen molar-refractivity contribution in [3.63, 3.8) is 0 Å². The third-order valence-corrected chi connectivity index (χ3v) is 3.10. The number of carbonyl (C=O) groups is 1. The number of rotatable bonds is 3.